The molecule has 0 bridgehead atoms. The molecule has 0 unspecified atom stereocenters. The van der Waals surface area contributed by atoms with Crippen molar-refractivity contribution in [1.29, 1.82) is 0 Å². The Balaban J connectivity index is 2.33. The maximum atomic E-state index is 9.37. The van der Waals surface area contributed by atoms with Gasteiger partial charge in [-0.2, -0.15) is 0 Å². The van der Waals surface area contributed by atoms with E-state index in [9.17, 15) is 5.11 Å². The Hall–Kier alpha value is 0.270. The van der Waals surface area contributed by atoms with Crippen LogP contribution in [0.2, 0.25) is 0 Å². The van der Waals surface area contributed by atoms with Crippen molar-refractivity contribution < 1.29 is 5.11 Å². The summed E-state index contributed by atoms with van der Waals surface area (Å²) >= 11 is 1.85. The number of piperidine rings is 1. The van der Waals surface area contributed by atoms with Crippen LogP contribution >= 0.6 is 11.8 Å². The van der Waals surface area contributed by atoms with Gasteiger partial charge in [-0.25, -0.2) is 0 Å². The van der Waals surface area contributed by atoms with Crippen molar-refractivity contribution in [2.24, 2.45) is 0 Å². The minimum absolute atomic E-state index is 0.0849. The fraction of sp³-hybridized carbons (Fsp3) is 1.00. The molecule has 3 heteroatoms. The average Bonchev–Trinajstić information content (AvgIpc) is 2.03. The molecule has 0 saturated carbocycles. The number of thioether (sulfide) groups is 1. The number of nitrogens with zero attached hydrogens (tertiary/aromatic N) is 1. The molecule has 1 aliphatic heterocycles. The predicted molar refractivity (Wildman–Crippen MR) is 49.8 cm³/mol. The van der Waals surface area contributed by atoms with Crippen molar-refractivity contribution in [1.82, 2.24) is 4.90 Å². The minimum Gasteiger partial charge on any atom is -0.392 e. The summed E-state index contributed by atoms with van der Waals surface area (Å²) in [7, 11) is 0. The summed E-state index contributed by atoms with van der Waals surface area (Å²) in [4.78, 5) is 2.35. The van der Waals surface area contributed by atoms with Crippen LogP contribution in [0.5, 0.6) is 0 Å². The maximum absolute atomic E-state index is 9.37. The van der Waals surface area contributed by atoms with E-state index in [-0.39, 0.29) is 6.10 Å². The third-order valence-electron chi connectivity index (χ3n) is 2.28. The first-order valence-electron chi connectivity index (χ1n) is 4.19. The molecular weight excluding hydrogens is 158 g/mol. The molecule has 0 radical (unpaired) electrons. The topological polar surface area (TPSA) is 23.5 Å². The first-order chi connectivity index (χ1) is 5.24. The van der Waals surface area contributed by atoms with Crippen LogP contribution in [-0.4, -0.2) is 40.8 Å². The quantitative estimate of drug-likeness (QED) is 0.681. The Labute approximate surface area is 73.0 Å². The van der Waals surface area contributed by atoms with Crippen molar-refractivity contribution in [3.05, 3.63) is 0 Å². The van der Waals surface area contributed by atoms with E-state index < -0.39 is 0 Å². The average molecular weight is 175 g/mol. The van der Waals surface area contributed by atoms with Gasteiger partial charge in [0.25, 0.3) is 0 Å². The van der Waals surface area contributed by atoms with E-state index in [1.807, 2.05) is 11.8 Å². The van der Waals surface area contributed by atoms with Crippen LogP contribution in [0.25, 0.3) is 0 Å². The molecule has 1 heterocycles. The zero-order chi connectivity index (χ0) is 8.27. The Bertz CT molecular complexity index is 121. The second kappa shape index (κ2) is 4.33. The molecule has 1 N–H and O–H groups in total. The summed E-state index contributed by atoms with van der Waals surface area (Å²) in [5.41, 5.74) is 0. The van der Waals surface area contributed by atoms with E-state index in [0.717, 1.165) is 25.9 Å². The summed E-state index contributed by atoms with van der Waals surface area (Å²) in [5.74, 6) is 0. The Kier molecular flexibility index (Phi) is 3.69. The van der Waals surface area contributed by atoms with Gasteiger partial charge >= 0.3 is 0 Å². The number of aliphatic hydroxyl groups is 1. The molecule has 1 aliphatic rings. The van der Waals surface area contributed by atoms with Crippen LogP contribution in [0.15, 0.2) is 0 Å². The molecular formula is C8H17NOS. The second-order valence-corrected chi connectivity index (χ2v) is 4.28. The van der Waals surface area contributed by atoms with Crippen LogP contribution < -0.4 is 0 Å². The van der Waals surface area contributed by atoms with Crippen LogP contribution in [0.4, 0.5) is 0 Å². The lowest BCUT2D eigenvalue weighted by molar-refractivity contribution is 0.0678. The largest absolute Gasteiger partial charge is 0.392 e. The lowest BCUT2D eigenvalue weighted by atomic mass is 10.1. The highest BCUT2D eigenvalue weighted by Gasteiger charge is 2.20. The van der Waals surface area contributed by atoms with Gasteiger partial charge in [0.05, 0.1) is 11.5 Å². The van der Waals surface area contributed by atoms with Crippen LogP contribution in [0.1, 0.15) is 19.8 Å². The van der Waals surface area contributed by atoms with Crippen LogP contribution in [0, 0.1) is 0 Å². The Morgan fingerprint density at radius 1 is 1.64 bits per heavy atom. The van der Waals surface area contributed by atoms with Crippen molar-refractivity contribution in [3.63, 3.8) is 0 Å². The zero-order valence-corrected chi connectivity index (χ0v) is 8.10. The molecule has 0 aromatic heterocycles. The predicted octanol–water partition coefficient (Wildman–Crippen LogP) is 1.15. The fourth-order valence-corrected chi connectivity index (χ4v) is 1.95. The van der Waals surface area contributed by atoms with Gasteiger partial charge in [0, 0.05) is 6.54 Å². The molecule has 0 aromatic carbocycles. The molecule has 0 amide bonds. The molecule has 0 spiro atoms. The molecule has 0 aliphatic carbocycles. The fourth-order valence-electron chi connectivity index (χ4n) is 1.46. The van der Waals surface area contributed by atoms with Crippen molar-refractivity contribution in [3.8, 4) is 0 Å². The lowest BCUT2D eigenvalue weighted by Crippen LogP contribution is -2.42. The molecule has 11 heavy (non-hydrogen) atoms. The summed E-state index contributed by atoms with van der Waals surface area (Å²) < 4.78 is 0. The third-order valence-corrected chi connectivity index (χ3v) is 3.26. The summed E-state index contributed by atoms with van der Waals surface area (Å²) in [6, 6.07) is 0. The summed E-state index contributed by atoms with van der Waals surface area (Å²) in [5, 5.41) is 9.93. The van der Waals surface area contributed by atoms with Gasteiger partial charge in [-0.05, 0) is 32.6 Å². The van der Waals surface area contributed by atoms with Crippen molar-refractivity contribution in [2.75, 3.05) is 19.3 Å². The molecule has 66 valence electrons. The summed E-state index contributed by atoms with van der Waals surface area (Å²) in [6.07, 6.45) is 4.16. The van der Waals surface area contributed by atoms with Crippen molar-refractivity contribution >= 4 is 11.8 Å². The van der Waals surface area contributed by atoms with Gasteiger partial charge in [-0.15, -0.1) is 11.8 Å². The maximum Gasteiger partial charge on any atom is 0.0668 e. The first-order valence-corrected chi connectivity index (χ1v) is 5.47. The standard InChI is InChI=1S/C8H17NOS/c1-7(11-2)9-5-3-4-8(10)6-9/h7-8,10H,3-6H2,1-2H3/t7-,8-/m1/s1. The van der Waals surface area contributed by atoms with Gasteiger partial charge in [-0.3, -0.25) is 4.90 Å². The number of β-amino-alcohol motifs (C(OH)–C–C–N with tert-alkyl or cyclic N) is 1. The molecule has 2 nitrogen and oxygen atoms in total. The molecule has 2 atom stereocenters. The van der Waals surface area contributed by atoms with Gasteiger partial charge in [0.2, 0.25) is 0 Å². The highest BCUT2D eigenvalue weighted by atomic mass is 32.2. The van der Waals surface area contributed by atoms with Crippen LogP contribution in [-0.2, 0) is 0 Å². The number of aliphatic hydroxyl groups excluding tert-OH is 1. The minimum atomic E-state index is -0.0849. The highest BCUT2D eigenvalue weighted by molar-refractivity contribution is 7.99. The van der Waals surface area contributed by atoms with E-state index in [1.165, 1.54) is 0 Å². The monoisotopic (exact) mass is 175 g/mol. The number of hydrogen-bond donors (Lipinski definition) is 1. The zero-order valence-electron chi connectivity index (χ0n) is 7.29. The van der Waals surface area contributed by atoms with Gasteiger partial charge in [0.1, 0.15) is 0 Å². The molecule has 1 fully saturated rings. The summed E-state index contributed by atoms with van der Waals surface area (Å²) in [6.45, 7) is 4.21. The van der Waals surface area contributed by atoms with Gasteiger partial charge < -0.3 is 5.11 Å². The number of likely N-dealkylation sites (tertiary alicyclic amines) is 1. The van der Waals surface area contributed by atoms with Gasteiger partial charge in [0.15, 0.2) is 0 Å². The first kappa shape index (κ1) is 9.36. The Morgan fingerprint density at radius 2 is 2.36 bits per heavy atom. The lowest BCUT2D eigenvalue weighted by Gasteiger charge is -2.33. The normalized spacial score (nSPS) is 30.3. The smallest absolute Gasteiger partial charge is 0.0668 e. The molecule has 1 rings (SSSR count). The van der Waals surface area contributed by atoms with Crippen molar-refractivity contribution in [2.45, 2.75) is 31.2 Å². The van der Waals surface area contributed by atoms with E-state index in [0.29, 0.717) is 5.37 Å². The second-order valence-electron chi connectivity index (χ2n) is 3.13. The molecule has 0 aromatic rings. The third kappa shape index (κ3) is 2.65. The number of rotatable bonds is 2. The van der Waals surface area contributed by atoms with E-state index in [1.54, 1.807) is 0 Å². The van der Waals surface area contributed by atoms with Gasteiger partial charge in [-0.1, -0.05) is 0 Å². The highest BCUT2D eigenvalue weighted by Crippen LogP contribution is 2.17. The van der Waals surface area contributed by atoms with E-state index >= 15 is 0 Å². The Morgan fingerprint density at radius 3 is 2.91 bits per heavy atom. The number of hydrogen-bond acceptors (Lipinski definition) is 3. The van der Waals surface area contributed by atoms with Crippen LogP contribution in [0.3, 0.4) is 0 Å². The SMILES string of the molecule is CS[C@H](C)N1CCC[C@@H](O)C1. The van der Waals surface area contributed by atoms with E-state index in [2.05, 4.69) is 18.1 Å². The van der Waals surface area contributed by atoms with E-state index in [4.69, 9.17) is 0 Å². The molecule has 1 saturated heterocycles.